The van der Waals surface area contributed by atoms with Gasteiger partial charge in [0.15, 0.2) is 0 Å². The summed E-state index contributed by atoms with van der Waals surface area (Å²) in [7, 11) is 0. The molecule has 0 saturated carbocycles. The van der Waals surface area contributed by atoms with Crippen LogP contribution in [0, 0.1) is 16.2 Å². The summed E-state index contributed by atoms with van der Waals surface area (Å²) < 4.78 is 5.56. The summed E-state index contributed by atoms with van der Waals surface area (Å²) in [5.41, 5.74) is -0.559. The third kappa shape index (κ3) is 6.66. The van der Waals surface area contributed by atoms with Crippen LogP contribution < -0.4 is 0 Å². The van der Waals surface area contributed by atoms with Gasteiger partial charge in [-0.2, -0.15) is 4.91 Å². The van der Waals surface area contributed by atoms with Crippen molar-refractivity contribution >= 4 is 5.97 Å². The lowest BCUT2D eigenvalue weighted by atomic mass is 9.77. The Morgan fingerprint density at radius 2 is 1.79 bits per heavy atom. The largest absolute Gasteiger partial charge is 0.459 e. The molecule has 0 aliphatic rings. The van der Waals surface area contributed by atoms with Gasteiger partial charge in [-0.25, -0.2) is 0 Å². The monoisotopic (exact) mass is 273 g/mol. The van der Waals surface area contributed by atoms with Crippen LogP contribution in [0.25, 0.3) is 0 Å². The fourth-order valence-corrected chi connectivity index (χ4v) is 2.04. The lowest BCUT2D eigenvalue weighted by Gasteiger charge is -2.38. The van der Waals surface area contributed by atoms with Gasteiger partial charge >= 0.3 is 5.97 Å². The number of esters is 1. The lowest BCUT2D eigenvalue weighted by Crippen LogP contribution is -2.41. The van der Waals surface area contributed by atoms with E-state index >= 15 is 0 Å². The second-order valence-electron chi connectivity index (χ2n) is 6.82. The molecule has 0 aliphatic heterocycles. The molecule has 0 aliphatic carbocycles. The number of nitrogens with zero attached hydrogens (tertiary/aromatic N) is 1. The first-order chi connectivity index (χ1) is 8.54. The third-order valence-electron chi connectivity index (χ3n) is 3.21. The second kappa shape index (κ2) is 6.98. The van der Waals surface area contributed by atoms with Gasteiger partial charge in [0.1, 0.15) is 11.6 Å². The van der Waals surface area contributed by atoms with Crippen LogP contribution in [-0.2, 0) is 9.53 Å². The minimum absolute atomic E-state index is 0.0264. The number of ether oxygens (including phenoxy) is 1. The van der Waals surface area contributed by atoms with Gasteiger partial charge in [-0.3, -0.25) is 4.79 Å². The van der Waals surface area contributed by atoms with E-state index in [4.69, 9.17) is 9.84 Å². The highest BCUT2D eigenvalue weighted by molar-refractivity contribution is 5.70. The molecule has 1 N–H and O–H groups in total. The van der Waals surface area contributed by atoms with E-state index < -0.39 is 24.2 Å². The summed E-state index contributed by atoms with van der Waals surface area (Å²) in [6.45, 7) is 11.7. The molecule has 5 nitrogen and oxygen atoms in total. The number of hydrogen-bond donors (Lipinski definition) is 1. The first-order valence-corrected chi connectivity index (χ1v) is 6.69. The fraction of sp³-hybridized carbons (Fsp3) is 0.929. The van der Waals surface area contributed by atoms with Gasteiger partial charge in [-0.15, -0.1) is 0 Å². The molecule has 0 spiro atoms. The molecule has 0 amide bonds. The van der Waals surface area contributed by atoms with Gasteiger partial charge in [0.25, 0.3) is 0 Å². The van der Waals surface area contributed by atoms with Crippen LogP contribution in [0.3, 0.4) is 0 Å². The molecule has 112 valence electrons. The standard InChI is InChI=1S/C14H27NO4/c1-10(2)14(6,9-13(3,4)5)19-12(17)7-11(8-16)15-18/h10-11,16H,7-9H2,1-6H3. The van der Waals surface area contributed by atoms with Crippen molar-refractivity contribution in [2.45, 2.75) is 66.0 Å². The van der Waals surface area contributed by atoms with Crippen molar-refractivity contribution < 1.29 is 14.6 Å². The van der Waals surface area contributed by atoms with E-state index in [1.807, 2.05) is 20.8 Å². The van der Waals surface area contributed by atoms with Crippen LogP contribution in [0.2, 0.25) is 0 Å². The first-order valence-electron chi connectivity index (χ1n) is 6.69. The molecule has 0 aromatic carbocycles. The van der Waals surface area contributed by atoms with Gasteiger partial charge in [0.05, 0.1) is 13.0 Å². The number of carbonyl (C=O) groups is 1. The molecule has 19 heavy (non-hydrogen) atoms. The predicted molar refractivity (Wildman–Crippen MR) is 74.7 cm³/mol. The van der Waals surface area contributed by atoms with Crippen molar-refractivity contribution in [2.24, 2.45) is 16.5 Å². The lowest BCUT2D eigenvalue weighted by molar-refractivity contribution is -0.167. The average Bonchev–Trinajstić information content (AvgIpc) is 2.22. The highest BCUT2D eigenvalue weighted by atomic mass is 16.6. The molecular formula is C14H27NO4. The van der Waals surface area contributed by atoms with Crippen molar-refractivity contribution in [3.63, 3.8) is 0 Å². The average molecular weight is 273 g/mol. The van der Waals surface area contributed by atoms with Crippen LogP contribution in [0.15, 0.2) is 5.18 Å². The Morgan fingerprint density at radius 1 is 1.26 bits per heavy atom. The second-order valence-corrected chi connectivity index (χ2v) is 6.82. The molecule has 0 aromatic rings. The fourth-order valence-electron chi connectivity index (χ4n) is 2.04. The maximum atomic E-state index is 11.8. The summed E-state index contributed by atoms with van der Waals surface area (Å²) in [5, 5.41) is 11.6. The molecule has 0 bridgehead atoms. The van der Waals surface area contributed by atoms with Crippen molar-refractivity contribution in [2.75, 3.05) is 6.61 Å². The maximum Gasteiger partial charge on any atom is 0.308 e. The molecule has 5 heteroatoms. The first kappa shape index (κ1) is 18.0. The third-order valence-corrected chi connectivity index (χ3v) is 3.21. The van der Waals surface area contributed by atoms with Crippen LogP contribution in [-0.4, -0.2) is 29.3 Å². The van der Waals surface area contributed by atoms with Crippen LogP contribution in [0.5, 0.6) is 0 Å². The number of aliphatic hydroxyl groups excluding tert-OH is 1. The van der Waals surface area contributed by atoms with Crippen molar-refractivity contribution in [3.05, 3.63) is 4.91 Å². The van der Waals surface area contributed by atoms with Gasteiger partial charge in [0.2, 0.25) is 0 Å². The Morgan fingerprint density at radius 3 is 2.11 bits per heavy atom. The number of hydrogen-bond acceptors (Lipinski definition) is 5. The summed E-state index contributed by atoms with van der Waals surface area (Å²) >= 11 is 0. The minimum Gasteiger partial charge on any atom is -0.459 e. The number of rotatable bonds is 7. The van der Waals surface area contributed by atoms with Crippen LogP contribution in [0.4, 0.5) is 0 Å². The maximum absolute atomic E-state index is 11.8. The van der Waals surface area contributed by atoms with E-state index in [1.54, 1.807) is 0 Å². The summed E-state index contributed by atoms with van der Waals surface area (Å²) in [6.07, 6.45) is 0.550. The molecule has 0 heterocycles. The zero-order valence-electron chi connectivity index (χ0n) is 12.9. The number of aliphatic hydroxyl groups is 1. The topological polar surface area (TPSA) is 76.0 Å². The zero-order chi connectivity index (χ0) is 15.3. The molecule has 0 aromatic heterocycles. The van der Waals surface area contributed by atoms with E-state index in [0.29, 0.717) is 0 Å². The molecule has 0 fully saturated rings. The van der Waals surface area contributed by atoms with E-state index in [0.717, 1.165) is 6.42 Å². The molecule has 0 radical (unpaired) electrons. The Hall–Kier alpha value is -0.970. The molecule has 0 saturated heterocycles. The Balaban J connectivity index is 4.75. The molecule has 2 unspecified atom stereocenters. The summed E-state index contributed by atoms with van der Waals surface area (Å²) in [5.74, 6) is -0.327. The molecule has 2 atom stereocenters. The molecule has 0 rings (SSSR count). The van der Waals surface area contributed by atoms with Crippen molar-refractivity contribution in [1.82, 2.24) is 0 Å². The SMILES string of the molecule is CC(C)C(C)(CC(C)(C)C)OC(=O)CC(CO)N=O. The number of carbonyl (C=O) groups excluding carboxylic acids is 1. The highest BCUT2D eigenvalue weighted by Crippen LogP contribution is 2.35. The zero-order valence-corrected chi connectivity index (χ0v) is 12.9. The van der Waals surface area contributed by atoms with Gasteiger partial charge < -0.3 is 9.84 Å². The van der Waals surface area contributed by atoms with Gasteiger partial charge in [-0.05, 0) is 24.7 Å². The summed E-state index contributed by atoms with van der Waals surface area (Å²) in [4.78, 5) is 22.2. The van der Waals surface area contributed by atoms with Gasteiger partial charge in [0, 0.05) is 0 Å². The Labute approximate surface area is 115 Å². The summed E-state index contributed by atoms with van der Waals surface area (Å²) in [6, 6.07) is -0.918. The molecular weight excluding hydrogens is 246 g/mol. The van der Waals surface area contributed by atoms with E-state index in [-0.39, 0.29) is 17.8 Å². The van der Waals surface area contributed by atoms with E-state index in [2.05, 4.69) is 25.9 Å². The van der Waals surface area contributed by atoms with Crippen molar-refractivity contribution in [3.8, 4) is 0 Å². The predicted octanol–water partition coefficient (Wildman–Crippen LogP) is 2.90. The van der Waals surface area contributed by atoms with Crippen molar-refractivity contribution in [1.29, 1.82) is 0 Å². The minimum atomic E-state index is -0.918. The smallest absolute Gasteiger partial charge is 0.308 e. The Kier molecular flexibility index (Phi) is 6.63. The Bertz CT molecular complexity index is 309. The van der Waals surface area contributed by atoms with Crippen LogP contribution >= 0.6 is 0 Å². The van der Waals surface area contributed by atoms with E-state index in [1.165, 1.54) is 0 Å². The quantitative estimate of drug-likeness (QED) is 0.571. The van der Waals surface area contributed by atoms with Crippen LogP contribution in [0.1, 0.15) is 54.4 Å². The van der Waals surface area contributed by atoms with Gasteiger partial charge in [-0.1, -0.05) is 39.8 Å². The van der Waals surface area contributed by atoms with E-state index in [9.17, 15) is 9.70 Å². The normalized spacial score (nSPS) is 16.8. The number of nitroso groups, excluding NO2 is 1. The highest BCUT2D eigenvalue weighted by Gasteiger charge is 2.37.